The second-order valence-corrected chi connectivity index (χ2v) is 9.50. The zero-order chi connectivity index (χ0) is 15.7. The number of carbonyl (C=O) groups excluding carboxylic acids is 1. The third kappa shape index (κ3) is 4.38. The van der Waals surface area contributed by atoms with E-state index in [9.17, 15) is 4.79 Å². The van der Waals surface area contributed by atoms with Crippen LogP contribution >= 0.6 is 11.8 Å². The standard InChI is InChI=1S/C17H32N2OS/c1-16(2,3)15(20)19-9-6-13(7-10-19)18-14-12-21-11-8-17(14,4)5/h13-14,18H,6-12H2,1-5H3. The number of nitrogens with one attached hydrogen (secondary N) is 1. The summed E-state index contributed by atoms with van der Waals surface area (Å²) in [6.45, 7) is 12.7. The molecule has 0 bridgehead atoms. The lowest BCUT2D eigenvalue weighted by atomic mass is 9.81. The molecule has 2 rings (SSSR count). The van der Waals surface area contributed by atoms with E-state index >= 15 is 0 Å². The number of piperidine rings is 1. The number of likely N-dealkylation sites (tertiary alicyclic amines) is 1. The second kappa shape index (κ2) is 6.49. The largest absolute Gasteiger partial charge is 0.342 e. The quantitative estimate of drug-likeness (QED) is 0.850. The van der Waals surface area contributed by atoms with E-state index in [0.29, 0.717) is 23.4 Å². The lowest BCUT2D eigenvalue weighted by Crippen LogP contribution is -2.54. The zero-order valence-electron chi connectivity index (χ0n) is 14.4. The number of rotatable bonds is 2. The van der Waals surface area contributed by atoms with Gasteiger partial charge in [-0.3, -0.25) is 4.79 Å². The molecule has 122 valence electrons. The molecule has 0 aromatic rings. The van der Waals surface area contributed by atoms with Crippen LogP contribution < -0.4 is 5.32 Å². The van der Waals surface area contributed by atoms with E-state index in [0.717, 1.165) is 25.9 Å². The first-order valence-electron chi connectivity index (χ1n) is 8.33. The molecule has 2 saturated heterocycles. The van der Waals surface area contributed by atoms with Crippen LogP contribution in [0.25, 0.3) is 0 Å². The molecule has 4 heteroatoms. The van der Waals surface area contributed by atoms with Gasteiger partial charge in [0.05, 0.1) is 0 Å². The molecule has 0 saturated carbocycles. The summed E-state index contributed by atoms with van der Waals surface area (Å²) in [6.07, 6.45) is 3.49. The van der Waals surface area contributed by atoms with Gasteiger partial charge in [-0.25, -0.2) is 0 Å². The zero-order valence-corrected chi connectivity index (χ0v) is 15.2. The molecule has 21 heavy (non-hydrogen) atoms. The number of hydrogen-bond acceptors (Lipinski definition) is 3. The minimum atomic E-state index is -0.248. The minimum Gasteiger partial charge on any atom is -0.342 e. The maximum Gasteiger partial charge on any atom is 0.227 e. The van der Waals surface area contributed by atoms with Gasteiger partial charge in [-0.2, -0.15) is 11.8 Å². The van der Waals surface area contributed by atoms with Crippen LogP contribution in [-0.4, -0.2) is 47.5 Å². The van der Waals surface area contributed by atoms with Crippen molar-refractivity contribution in [2.24, 2.45) is 10.8 Å². The molecule has 3 nitrogen and oxygen atoms in total. The Balaban J connectivity index is 1.83. The van der Waals surface area contributed by atoms with E-state index in [2.05, 4.69) is 35.8 Å². The van der Waals surface area contributed by atoms with Crippen LogP contribution in [0.1, 0.15) is 53.9 Å². The van der Waals surface area contributed by atoms with Crippen molar-refractivity contribution in [3.05, 3.63) is 0 Å². The molecule has 0 aromatic heterocycles. The molecule has 0 radical (unpaired) electrons. The molecular formula is C17H32N2OS. The summed E-state index contributed by atoms with van der Waals surface area (Å²) in [5.41, 5.74) is 0.159. The fourth-order valence-electron chi connectivity index (χ4n) is 3.22. The van der Waals surface area contributed by atoms with Crippen molar-refractivity contribution in [2.75, 3.05) is 24.6 Å². The summed E-state index contributed by atoms with van der Waals surface area (Å²) >= 11 is 2.08. The third-order valence-corrected chi connectivity index (χ3v) is 6.04. The van der Waals surface area contributed by atoms with Gasteiger partial charge in [0.2, 0.25) is 5.91 Å². The van der Waals surface area contributed by atoms with Gasteiger partial charge < -0.3 is 10.2 Å². The predicted molar refractivity (Wildman–Crippen MR) is 91.7 cm³/mol. The van der Waals surface area contributed by atoms with Gasteiger partial charge in [-0.05, 0) is 30.4 Å². The smallest absolute Gasteiger partial charge is 0.227 e. The average Bonchev–Trinajstić information content (AvgIpc) is 2.40. The molecule has 2 aliphatic rings. The first-order chi connectivity index (χ1) is 9.70. The number of hydrogen-bond donors (Lipinski definition) is 1. The molecule has 1 N–H and O–H groups in total. The second-order valence-electron chi connectivity index (χ2n) is 8.35. The Bertz CT molecular complexity index is 367. The molecule has 1 unspecified atom stereocenters. The van der Waals surface area contributed by atoms with Gasteiger partial charge in [-0.15, -0.1) is 0 Å². The summed E-state index contributed by atoms with van der Waals surface area (Å²) in [5, 5.41) is 3.89. The van der Waals surface area contributed by atoms with Gasteiger partial charge in [0.25, 0.3) is 0 Å². The lowest BCUT2D eigenvalue weighted by molar-refractivity contribution is -0.140. The van der Waals surface area contributed by atoms with Crippen LogP contribution in [0, 0.1) is 10.8 Å². The van der Waals surface area contributed by atoms with Crippen molar-refractivity contribution < 1.29 is 4.79 Å². The molecule has 0 spiro atoms. The Morgan fingerprint density at radius 2 is 1.86 bits per heavy atom. The molecule has 2 aliphatic heterocycles. The fourth-order valence-corrected chi connectivity index (χ4v) is 4.84. The lowest BCUT2D eigenvalue weighted by Gasteiger charge is -2.43. The van der Waals surface area contributed by atoms with Crippen molar-refractivity contribution in [3.63, 3.8) is 0 Å². The average molecular weight is 313 g/mol. The van der Waals surface area contributed by atoms with Crippen molar-refractivity contribution in [1.29, 1.82) is 0 Å². The summed E-state index contributed by atoms with van der Waals surface area (Å²) in [6, 6.07) is 1.20. The van der Waals surface area contributed by atoms with Gasteiger partial charge in [0.15, 0.2) is 0 Å². The van der Waals surface area contributed by atoms with Gasteiger partial charge in [-0.1, -0.05) is 34.6 Å². The van der Waals surface area contributed by atoms with E-state index in [1.807, 2.05) is 20.8 Å². The Kier molecular flexibility index (Phi) is 5.30. The predicted octanol–water partition coefficient (Wildman–Crippen LogP) is 3.14. The van der Waals surface area contributed by atoms with Crippen molar-refractivity contribution in [2.45, 2.75) is 66.0 Å². The number of amides is 1. The van der Waals surface area contributed by atoms with Crippen LogP contribution in [0.5, 0.6) is 0 Å². The third-order valence-electron chi connectivity index (χ3n) is 4.98. The highest BCUT2D eigenvalue weighted by atomic mass is 32.2. The van der Waals surface area contributed by atoms with E-state index in [1.165, 1.54) is 17.9 Å². The Morgan fingerprint density at radius 1 is 1.24 bits per heavy atom. The van der Waals surface area contributed by atoms with Crippen molar-refractivity contribution >= 4 is 17.7 Å². The van der Waals surface area contributed by atoms with Crippen LogP contribution in [0.15, 0.2) is 0 Å². The normalized spacial score (nSPS) is 27.7. The Labute approximate surface area is 134 Å². The van der Waals surface area contributed by atoms with E-state index < -0.39 is 0 Å². The van der Waals surface area contributed by atoms with Crippen molar-refractivity contribution in [3.8, 4) is 0 Å². The maximum absolute atomic E-state index is 12.3. The fraction of sp³-hybridized carbons (Fsp3) is 0.941. The van der Waals surface area contributed by atoms with Gasteiger partial charge in [0, 0.05) is 36.3 Å². The SMILES string of the molecule is CC(C)(C)C(=O)N1CCC(NC2CSCCC2(C)C)CC1. The van der Waals surface area contributed by atoms with Gasteiger partial charge in [0.1, 0.15) is 0 Å². The highest BCUT2D eigenvalue weighted by Gasteiger charge is 2.35. The van der Waals surface area contributed by atoms with E-state index in [4.69, 9.17) is 0 Å². The minimum absolute atomic E-state index is 0.248. The highest BCUT2D eigenvalue weighted by Crippen LogP contribution is 2.35. The molecule has 1 atom stereocenters. The summed E-state index contributed by atoms with van der Waals surface area (Å²) < 4.78 is 0. The van der Waals surface area contributed by atoms with Crippen LogP contribution in [0.3, 0.4) is 0 Å². The van der Waals surface area contributed by atoms with Crippen LogP contribution in [0.2, 0.25) is 0 Å². The highest BCUT2D eigenvalue weighted by molar-refractivity contribution is 7.99. The summed E-state index contributed by atoms with van der Waals surface area (Å²) in [4.78, 5) is 14.4. The molecule has 0 aliphatic carbocycles. The van der Waals surface area contributed by atoms with E-state index in [1.54, 1.807) is 0 Å². The van der Waals surface area contributed by atoms with E-state index in [-0.39, 0.29) is 5.41 Å². The maximum atomic E-state index is 12.3. The number of carbonyl (C=O) groups is 1. The monoisotopic (exact) mass is 312 g/mol. The Hall–Kier alpha value is -0.220. The molecule has 2 heterocycles. The Morgan fingerprint density at radius 3 is 2.38 bits per heavy atom. The molecular weight excluding hydrogens is 280 g/mol. The summed E-state index contributed by atoms with van der Waals surface area (Å²) in [5.74, 6) is 2.83. The summed E-state index contributed by atoms with van der Waals surface area (Å²) in [7, 11) is 0. The van der Waals surface area contributed by atoms with Gasteiger partial charge >= 0.3 is 0 Å². The van der Waals surface area contributed by atoms with Crippen LogP contribution in [-0.2, 0) is 4.79 Å². The number of nitrogens with zero attached hydrogens (tertiary/aromatic N) is 1. The van der Waals surface area contributed by atoms with Crippen molar-refractivity contribution in [1.82, 2.24) is 10.2 Å². The first-order valence-corrected chi connectivity index (χ1v) is 9.49. The molecule has 2 fully saturated rings. The molecule has 0 aromatic carbocycles. The first kappa shape index (κ1) is 17.1. The molecule has 1 amide bonds. The van der Waals surface area contributed by atoms with Crippen LogP contribution in [0.4, 0.5) is 0 Å². The number of thioether (sulfide) groups is 1. The topological polar surface area (TPSA) is 32.3 Å².